The molecule has 0 aromatic carbocycles. The summed E-state index contributed by atoms with van der Waals surface area (Å²) in [7, 11) is 0. The summed E-state index contributed by atoms with van der Waals surface area (Å²) in [5.74, 6) is 0. The quantitative estimate of drug-likeness (QED) is 0.347. The maximum absolute atomic E-state index is 12.1. The summed E-state index contributed by atoms with van der Waals surface area (Å²) in [6.07, 6.45) is -5.03. The van der Waals surface area contributed by atoms with Crippen LogP contribution in [0.15, 0.2) is 0 Å². The third-order valence-electron chi connectivity index (χ3n) is 2.00. The van der Waals surface area contributed by atoms with Crippen molar-refractivity contribution < 1.29 is 30.2 Å². The summed E-state index contributed by atoms with van der Waals surface area (Å²) in [5, 5.41) is 27.4. The molecule has 1 fully saturated rings. The molecule has 0 amide bonds. The molecule has 0 aromatic heterocycles. The number of alkyl halides is 1. The van der Waals surface area contributed by atoms with Crippen molar-refractivity contribution in [1.82, 2.24) is 0 Å². The minimum Gasteiger partial charge on any atom is -0.387 e. The fraction of sp³-hybridized carbons (Fsp3) is 1.00. The van der Waals surface area contributed by atoms with Gasteiger partial charge in [0.1, 0.15) is 25.0 Å². The molecule has 72 valence electrons. The summed E-state index contributed by atoms with van der Waals surface area (Å²) in [4.78, 5) is 0. The molecule has 0 bridgehead atoms. The van der Waals surface area contributed by atoms with Gasteiger partial charge in [-0.1, -0.05) is 0 Å². The molecular weight excluding hydrogens is 169 g/mol. The van der Waals surface area contributed by atoms with E-state index in [2.05, 4.69) is 10.5 Å². The van der Waals surface area contributed by atoms with Crippen LogP contribution in [0, 0.1) is 0 Å². The zero-order valence-corrected chi connectivity index (χ0v) is 6.43. The molecule has 6 heteroatoms. The first-order chi connectivity index (χ1) is 5.57. The van der Waals surface area contributed by atoms with Crippen molar-refractivity contribution in [2.75, 3.05) is 6.67 Å². The Morgan fingerprint density at radius 1 is 1.25 bits per heavy atom. The highest BCUT2D eigenvalue weighted by molar-refractivity contribution is 4.87. The highest BCUT2D eigenvalue weighted by atomic mass is 19.1. The fourth-order valence-corrected chi connectivity index (χ4v) is 1.13. The van der Waals surface area contributed by atoms with E-state index in [1.807, 2.05) is 0 Å². The van der Waals surface area contributed by atoms with Crippen molar-refractivity contribution >= 4 is 0 Å². The van der Waals surface area contributed by atoms with E-state index >= 15 is 0 Å². The molecule has 1 rings (SSSR count). The third-order valence-corrected chi connectivity index (χ3v) is 2.00. The van der Waals surface area contributed by atoms with E-state index in [-0.39, 0.29) is 0 Å². The van der Waals surface area contributed by atoms with Gasteiger partial charge in [-0.05, 0) is 0 Å². The smallest absolute Gasteiger partial charge is 0.211 e. The van der Waals surface area contributed by atoms with Crippen LogP contribution in [0.25, 0.3) is 0 Å². The maximum Gasteiger partial charge on any atom is 0.211 e. The Morgan fingerprint density at radius 2 is 1.83 bits per heavy atom. The molecule has 1 saturated heterocycles. The van der Waals surface area contributed by atoms with E-state index in [1.165, 1.54) is 0 Å². The van der Waals surface area contributed by atoms with Crippen LogP contribution in [0.4, 0.5) is 4.39 Å². The third kappa shape index (κ3) is 1.57. The Bertz CT molecular complexity index is 154. The van der Waals surface area contributed by atoms with E-state index in [9.17, 15) is 9.50 Å². The lowest BCUT2D eigenvalue weighted by molar-refractivity contribution is -0.497. The van der Waals surface area contributed by atoms with Gasteiger partial charge in [-0.25, -0.2) is 4.39 Å². The zero-order valence-electron chi connectivity index (χ0n) is 6.43. The second kappa shape index (κ2) is 3.63. The van der Waals surface area contributed by atoms with E-state index in [0.717, 1.165) is 0 Å². The maximum atomic E-state index is 12.1. The summed E-state index contributed by atoms with van der Waals surface area (Å²) >= 11 is 0. The summed E-state index contributed by atoms with van der Waals surface area (Å²) in [6.45, 7) is -0.942. The fourth-order valence-electron chi connectivity index (χ4n) is 1.13. The van der Waals surface area contributed by atoms with Crippen LogP contribution < -0.4 is 5.73 Å². The van der Waals surface area contributed by atoms with Crippen LogP contribution in [0.1, 0.15) is 0 Å². The minimum atomic E-state index is -1.32. The lowest BCUT2D eigenvalue weighted by Crippen LogP contribution is -2.77. The van der Waals surface area contributed by atoms with Crippen molar-refractivity contribution in [3.63, 3.8) is 0 Å². The summed E-state index contributed by atoms with van der Waals surface area (Å²) < 4.78 is 16.7. The van der Waals surface area contributed by atoms with Gasteiger partial charge in [-0.2, -0.15) is 0 Å². The van der Waals surface area contributed by atoms with Gasteiger partial charge < -0.3 is 25.8 Å². The Hall–Kier alpha value is -0.270. The molecule has 12 heavy (non-hydrogen) atoms. The van der Waals surface area contributed by atoms with Crippen LogP contribution in [0.3, 0.4) is 0 Å². The second-order valence-corrected chi connectivity index (χ2v) is 2.86. The molecule has 0 aromatic rings. The molecule has 5 atom stereocenters. The lowest BCUT2D eigenvalue weighted by Gasteiger charge is -2.35. The monoisotopic (exact) mass is 182 g/mol. The molecule has 6 N–H and O–H groups in total. The van der Waals surface area contributed by atoms with Crippen molar-refractivity contribution in [2.24, 2.45) is 0 Å². The first kappa shape index (κ1) is 9.82. The number of rotatable bonds is 1. The van der Waals surface area contributed by atoms with Crippen molar-refractivity contribution in [2.45, 2.75) is 30.6 Å². The molecule has 0 aliphatic carbocycles. The van der Waals surface area contributed by atoms with Gasteiger partial charge in [0.05, 0.1) is 0 Å². The minimum absolute atomic E-state index is 0.845. The summed E-state index contributed by atoms with van der Waals surface area (Å²) in [5.41, 5.74) is 3.37. The molecule has 1 aliphatic heterocycles. The molecule has 1 heterocycles. The largest absolute Gasteiger partial charge is 0.387 e. The Kier molecular flexibility index (Phi) is 2.97. The molecule has 5 nitrogen and oxygen atoms in total. The highest BCUT2D eigenvalue weighted by Gasteiger charge is 2.44. The number of hydrogen-bond acceptors (Lipinski definition) is 4. The van der Waals surface area contributed by atoms with Crippen molar-refractivity contribution in [3.05, 3.63) is 0 Å². The van der Waals surface area contributed by atoms with Gasteiger partial charge in [0.2, 0.25) is 6.29 Å². The molecule has 0 radical (unpaired) electrons. The average molecular weight is 182 g/mol. The normalized spacial score (nSPS) is 49.2. The van der Waals surface area contributed by atoms with Crippen LogP contribution in [0.5, 0.6) is 0 Å². The Balaban J connectivity index is 2.63. The Labute approximate surface area is 68.6 Å². The molecule has 0 spiro atoms. The summed E-state index contributed by atoms with van der Waals surface area (Å²) in [6, 6.07) is -0.845. The van der Waals surface area contributed by atoms with Crippen molar-refractivity contribution in [3.8, 4) is 0 Å². The van der Waals surface area contributed by atoms with Gasteiger partial charge in [0, 0.05) is 0 Å². The predicted octanol–water partition coefficient (Wildman–Crippen LogP) is -2.99. The first-order valence-electron chi connectivity index (χ1n) is 3.66. The average Bonchev–Trinajstić information content (AvgIpc) is 2.08. The van der Waals surface area contributed by atoms with Gasteiger partial charge in [0.15, 0.2) is 6.04 Å². The number of ether oxygens (including phenoxy) is 1. The van der Waals surface area contributed by atoms with E-state index in [4.69, 9.17) is 10.2 Å². The van der Waals surface area contributed by atoms with Gasteiger partial charge in [0.25, 0.3) is 0 Å². The number of aliphatic hydroxyl groups excluding tert-OH is 3. The topological polar surface area (TPSA) is 97.6 Å². The lowest BCUT2D eigenvalue weighted by atomic mass is 9.98. The molecule has 1 aliphatic rings. The van der Waals surface area contributed by atoms with Crippen LogP contribution in [-0.4, -0.2) is 52.6 Å². The van der Waals surface area contributed by atoms with Crippen LogP contribution in [0.2, 0.25) is 0 Å². The van der Waals surface area contributed by atoms with Crippen molar-refractivity contribution in [1.29, 1.82) is 0 Å². The standard InChI is InChI=1S/C6H12FNO4/c7-1-2-4(9)5(10)3(8)6(11)12-2/h2-6,9-11H,1,8H2/p+1/t2-,3-,4-,5-,6+/m1/s1. The van der Waals surface area contributed by atoms with Gasteiger partial charge >= 0.3 is 0 Å². The van der Waals surface area contributed by atoms with Gasteiger partial charge in [-0.3, -0.25) is 0 Å². The SMILES string of the molecule is [NH3+][C@@H]1[C@@H](O)[C@H](O)[C@@H](CF)O[C@@H]1O. The molecule has 0 unspecified atom stereocenters. The van der Waals surface area contributed by atoms with Crippen LogP contribution >= 0.6 is 0 Å². The van der Waals surface area contributed by atoms with Crippen LogP contribution in [-0.2, 0) is 4.74 Å². The molecular formula is C6H13FNO4+. The highest BCUT2D eigenvalue weighted by Crippen LogP contribution is 2.17. The zero-order chi connectivity index (χ0) is 9.30. The second-order valence-electron chi connectivity index (χ2n) is 2.86. The van der Waals surface area contributed by atoms with E-state index < -0.39 is 37.3 Å². The molecule has 0 saturated carbocycles. The number of quaternary nitrogens is 1. The predicted molar refractivity (Wildman–Crippen MR) is 35.5 cm³/mol. The first-order valence-corrected chi connectivity index (χ1v) is 3.66. The van der Waals surface area contributed by atoms with E-state index in [1.54, 1.807) is 0 Å². The van der Waals surface area contributed by atoms with E-state index in [0.29, 0.717) is 0 Å². The number of halogens is 1. The van der Waals surface area contributed by atoms with Gasteiger partial charge in [-0.15, -0.1) is 0 Å². The number of hydrogen-bond donors (Lipinski definition) is 4. The number of aliphatic hydroxyl groups is 3. The Morgan fingerprint density at radius 3 is 2.33 bits per heavy atom.